The Morgan fingerprint density at radius 2 is 2.20 bits per heavy atom. The van der Waals surface area contributed by atoms with Crippen LogP contribution in [-0.2, 0) is 0 Å². The Bertz CT molecular complexity index is 421. The Kier molecular flexibility index (Phi) is 5.55. The molecule has 1 aliphatic heterocycles. The van der Waals surface area contributed by atoms with Crippen LogP contribution in [0, 0.1) is 11.7 Å². The van der Waals surface area contributed by atoms with Gasteiger partial charge in [-0.3, -0.25) is 0 Å². The first kappa shape index (κ1) is 15.5. The van der Waals surface area contributed by atoms with Crippen molar-refractivity contribution in [2.24, 2.45) is 5.92 Å². The van der Waals surface area contributed by atoms with Crippen LogP contribution < -0.4 is 5.32 Å². The molecule has 2 nitrogen and oxygen atoms in total. The molecule has 0 spiro atoms. The summed E-state index contributed by atoms with van der Waals surface area (Å²) in [6, 6.07) is 7.92. The molecule has 3 heteroatoms. The first-order valence-corrected chi connectivity index (χ1v) is 7.83. The van der Waals surface area contributed by atoms with E-state index in [0.717, 1.165) is 31.0 Å². The molecule has 112 valence electrons. The van der Waals surface area contributed by atoms with E-state index < -0.39 is 0 Å². The van der Waals surface area contributed by atoms with E-state index in [2.05, 4.69) is 31.0 Å². The summed E-state index contributed by atoms with van der Waals surface area (Å²) >= 11 is 0. The first-order chi connectivity index (χ1) is 9.60. The van der Waals surface area contributed by atoms with Gasteiger partial charge in [-0.2, -0.15) is 0 Å². The van der Waals surface area contributed by atoms with Crippen molar-refractivity contribution >= 4 is 0 Å². The summed E-state index contributed by atoms with van der Waals surface area (Å²) < 4.78 is 13.4. The maximum atomic E-state index is 13.4. The lowest BCUT2D eigenvalue weighted by Gasteiger charge is -2.25. The SMILES string of the molecule is CCNC(CCN1CC(C)CC1C)c1cccc(F)c1. The van der Waals surface area contributed by atoms with Gasteiger partial charge in [0.1, 0.15) is 5.82 Å². The molecular weight excluding hydrogens is 251 g/mol. The molecule has 1 aliphatic rings. The van der Waals surface area contributed by atoms with Crippen LogP contribution in [0.2, 0.25) is 0 Å². The van der Waals surface area contributed by atoms with Gasteiger partial charge in [0.25, 0.3) is 0 Å². The van der Waals surface area contributed by atoms with Crippen molar-refractivity contribution in [3.05, 3.63) is 35.6 Å². The van der Waals surface area contributed by atoms with Crippen LogP contribution in [0.3, 0.4) is 0 Å². The van der Waals surface area contributed by atoms with Crippen molar-refractivity contribution in [2.45, 2.75) is 45.7 Å². The predicted octanol–water partition coefficient (Wildman–Crippen LogP) is 3.60. The highest BCUT2D eigenvalue weighted by atomic mass is 19.1. The van der Waals surface area contributed by atoms with Gasteiger partial charge in [-0.1, -0.05) is 26.0 Å². The average Bonchev–Trinajstić information content (AvgIpc) is 2.73. The third kappa shape index (κ3) is 4.03. The lowest BCUT2D eigenvalue weighted by Crippen LogP contribution is -2.32. The minimum absolute atomic E-state index is 0.145. The highest BCUT2D eigenvalue weighted by Gasteiger charge is 2.26. The van der Waals surface area contributed by atoms with E-state index in [1.807, 2.05) is 6.07 Å². The van der Waals surface area contributed by atoms with E-state index in [9.17, 15) is 4.39 Å². The van der Waals surface area contributed by atoms with Crippen LogP contribution in [0.25, 0.3) is 0 Å². The van der Waals surface area contributed by atoms with Crippen LogP contribution in [0.5, 0.6) is 0 Å². The molecular formula is C17H27FN2. The van der Waals surface area contributed by atoms with Gasteiger partial charge in [0.05, 0.1) is 0 Å². The highest BCUT2D eigenvalue weighted by molar-refractivity contribution is 5.20. The van der Waals surface area contributed by atoms with Crippen LogP contribution in [0.1, 0.15) is 45.2 Å². The standard InChI is InChI=1S/C17H27FN2/c1-4-19-17(15-6-5-7-16(18)11-15)8-9-20-12-13(2)10-14(20)3/h5-7,11,13-14,17,19H,4,8-10,12H2,1-3H3. The molecule has 2 rings (SSSR count). The third-order valence-corrected chi connectivity index (χ3v) is 4.32. The molecule has 3 unspecified atom stereocenters. The molecule has 1 saturated heterocycles. The van der Waals surface area contributed by atoms with Gasteiger partial charge in [-0.15, -0.1) is 0 Å². The molecule has 1 N–H and O–H groups in total. The number of halogens is 1. The molecule has 20 heavy (non-hydrogen) atoms. The molecule has 0 amide bonds. The van der Waals surface area contributed by atoms with Crippen molar-refractivity contribution in [3.8, 4) is 0 Å². The Hall–Kier alpha value is -0.930. The minimum Gasteiger partial charge on any atom is -0.310 e. The molecule has 0 bridgehead atoms. The number of hydrogen-bond donors (Lipinski definition) is 1. The highest BCUT2D eigenvalue weighted by Crippen LogP contribution is 2.25. The topological polar surface area (TPSA) is 15.3 Å². The second kappa shape index (κ2) is 7.19. The Labute approximate surface area is 122 Å². The van der Waals surface area contributed by atoms with E-state index in [1.54, 1.807) is 12.1 Å². The van der Waals surface area contributed by atoms with Crippen LogP contribution in [0.15, 0.2) is 24.3 Å². The van der Waals surface area contributed by atoms with Gasteiger partial charge in [0.2, 0.25) is 0 Å². The van der Waals surface area contributed by atoms with Crippen molar-refractivity contribution in [2.75, 3.05) is 19.6 Å². The van der Waals surface area contributed by atoms with Crippen LogP contribution in [0.4, 0.5) is 4.39 Å². The molecule has 0 aliphatic carbocycles. The summed E-state index contributed by atoms with van der Waals surface area (Å²) in [5.41, 5.74) is 1.06. The van der Waals surface area contributed by atoms with Crippen molar-refractivity contribution in [1.82, 2.24) is 10.2 Å². The normalized spacial score (nSPS) is 25.0. The fourth-order valence-corrected chi connectivity index (χ4v) is 3.35. The maximum Gasteiger partial charge on any atom is 0.123 e. The van der Waals surface area contributed by atoms with Crippen LogP contribution >= 0.6 is 0 Å². The van der Waals surface area contributed by atoms with Gasteiger partial charge in [-0.25, -0.2) is 4.39 Å². The average molecular weight is 278 g/mol. The summed E-state index contributed by atoms with van der Waals surface area (Å²) in [7, 11) is 0. The largest absolute Gasteiger partial charge is 0.310 e. The lowest BCUT2D eigenvalue weighted by molar-refractivity contribution is 0.249. The predicted molar refractivity (Wildman–Crippen MR) is 82.3 cm³/mol. The third-order valence-electron chi connectivity index (χ3n) is 4.32. The molecule has 1 aromatic carbocycles. The molecule has 1 heterocycles. The first-order valence-electron chi connectivity index (χ1n) is 7.83. The zero-order chi connectivity index (χ0) is 14.5. The van der Waals surface area contributed by atoms with E-state index in [1.165, 1.54) is 19.0 Å². The Morgan fingerprint density at radius 3 is 2.80 bits per heavy atom. The van der Waals surface area contributed by atoms with Gasteiger partial charge in [-0.05, 0) is 49.9 Å². The molecule has 1 fully saturated rings. The van der Waals surface area contributed by atoms with Crippen molar-refractivity contribution in [3.63, 3.8) is 0 Å². The smallest absolute Gasteiger partial charge is 0.123 e. The molecule has 0 saturated carbocycles. The second-order valence-electron chi connectivity index (χ2n) is 6.14. The maximum absolute atomic E-state index is 13.4. The molecule has 3 atom stereocenters. The fraction of sp³-hybridized carbons (Fsp3) is 0.647. The zero-order valence-electron chi connectivity index (χ0n) is 12.9. The number of nitrogens with zero attached hydrogens (tertiary/aromatic N) is 1. The van der Waals surface area contributed by atoms with Crippen molar-refractivity contribution in [1.29, 1.82) is 0 Å². The molecule has 0 radical (unpaired) electrons. The minimum atomic E-state index is -0.145. The Morgan fingerprint density at radius 1 is 1.40 bits per heavy atom. The van der Waals surface area contributed by atoms with Gasteiger partial charge in [0, 0.05) is 25.2 Å². The number of likely N-dealkylation sites (tertiary alicyclic amines) is 1. The monoisotopic (exact) mass is 278 g/mol. The van der Waals surface area contributed by atoms with E-state index in [-0.39, 0.29) is 11.9 Å². The summed E-state index contributed by atoms with van der Waals surface area (Å²) in [5, 5.41) is 3.48. The van der Waals surface area contributed by atoms with Gasteiger partial charge >= 0.3 is 0 Å². The second-order valence-corrected chi connectivity index (χ2v) is 6.14. The summed E-state index contributed by atoms with van der Waals surface area (Å²) in [4.78, 5) is 2.56. The van der Waals surface area contributed by atoms with Crippen molar-refractivity contribution < 1.29 is 4.39 Å². The van der Waals surface area contributed by atoms with E-state index >= 15 is 0 Å². The number of rotatable bonds is 6. The fourth-order valence-electron chi connectivity index (χ4n) is 3.35. The quantitative estimate of drug-likeness (QED) is 0.855. The number of nitrogens with one attached hydrogen (secondary N) is 1. The lowest BCUT2D eigenvalue weighted by atomic mass is 10.0. The summed E-state index contributed by atoms with van der Waals surface area (Å²) in [6.07, 6.45) is 2.33. The Balaban J connectivity index is 1.96. The van der Waals surface area contributed by atoms with Gasteiger partial charge < -0.3 is 10.2 Å². The van der Waals surface area contributed by atoms with E-state index in [0.29, 0.717) is 6.04 Å². The number of hydrogen-bond acceptors (Lipinski definition) is 2. The summed E-state index contributed by atoms with van der Waals surface area (Å²) in [5.74, 6) is 0.658. The number of benzene rings is 1. The van der Waals surface area contributed by atoms with Crippen LogP contribution in [-0.4, -0.2) is 30.6 Å². The molecule has 1 aromatic rings. The molecule has 0 aromatic heterocycles. The zero-order valence-corrected chi connectivity index (χ0v) is 12.9. The van der Waals surface area contributed by atoms with Gasteiger partial charge in [0.15, 0.2) is 0 Å². The summed E-state index contributed by atoms with van der Waals surface area (Å²) in [6.45, 7) is 9.93. The van der Waals surface area contributed by atoms with E-state index in [4.69, 9.17) is 0 Å².